The minimum atomic E-state index is -2.63. The SMILES string of the molecule is C=CN(CO[Si](CCCN)(OC)OC)Cc1ccccc1. The Morgan fingerprint density at radius 2 is 1.90 bits per heavy atom. The van der Waals surface area contributed by atoms with E-state index in [9.17, 15) is 0 Å². The predicted octanol–water partition coefficient (Wildman–Crippen LogP) is 2.19. The van der Waals surface area contributed by atoms with E-state index in [0.29, 0.717) is 19.3 Å². The smallest absolute Gasteiger partial charge is 0.377 e. The van der Waals surface area contributed by atoms with E-state index in [0.717, 1.165) is 13.0 Å². The summed E-state index contributed by atoms with van der Waals surface area (Å²) in [5.41, 5.74) is 6.76. The van der Waals surface area contributed by atoms with Crippen molar-refractivity contribution in [2.45, 2.75) is 19.0 Å². The van der Waals surface area contributed by atoms with Crippen LogP contribution in [0.5, 0.6) is 0 Å². The Morgan fingerprint density at radius 3 is 2.43 bits per heavy atom. The lowest BCUT2D eigenvalue weighted by Gasteiger charge is -2.29. The Morgan fingerprint density at radius 1 is 1.24 bits per heavy atom. The van der Waals surface area contributed by atoms with Gasteiger partial charge in [0.1, 0.15) is 6.73 Å². The molecule has 0 radical (unpaired) electrons. The summed E-state index contributed by atoms with van der Waals surface area (Å²) in [6, 6.07) is 10.9. The molecule has 118 valence electrons. The van der Waals surface area contributed by atoms with Crippen molar-refractivity contribution in [3.8, 4) is 0 Å². The lowest BCUT2D eigenvalue weighted by atomic mass is 10.2. The Bertz CT molecular complexity index is 399. The molecule has 0 heterocycles. The number of benzene rings is 1. The standard InChI is InChI=1S/C15H26N2O3Si/c1-4-17(13-15-9-6-5-7-10-15)14-20-21(18-2,19-3)12-8-11-16/h4-7,9-10H,1,8,11-14,16H2,2-3H3. The molecule has 0 aliphatic carbocycles. The van der Waals surface area contributed by atoms with Crippen LogP contribution in [0.25, 0.3) is 0 Å². The van der Waals surface area contributed by atoms with Gasteiger partial charge in [0.25, 0.3) is 0 Å². The van der Waals surface area contributed by atoms with Gasteiger partial charge in [-0.15, -0.1) is 0 Å². The highest BCUT2D eigenvalue weighted by Crippen LogP contribution is 2.17. The molecule has 0 amide bonds. The Kier molecular flexibility index (Phi) is 8.25. The highest BCUT2D eigenvalue weighted by Gasteiger charge is 2.38. The number of hydrogen-bond acceptors (Lipinski definition) is 5. The van der Waals surface area contributed by atoms with Crippen LogP contribution in [0, 0.1) is 0 Å². The number of nitrogens with two attached hydrogens (primary N) is 1. The second-order valence-corrected chi connectivity index (χ2v) is 7.64. The molecular formula is C15H26N2O3Si. The molecule has 0 saturated heterocycles. The van der Waals surface area contributed by atoms with Gasteiger partial charge in [-0.25, -0.2) is 0 Å². The van der Waals surface area contributed by atoms with Gasteiger partial charge in [0.05, 0.1) is 0 Å². The van der Waals surface area contributed by atoms with Crippen LogP contribution in [0.1, 0.15) is 12.0 Å². The first kappa shape index (κ1) is 17.9. The molecular weight excluding hydrogens is 284 g/mol. The molecule has 1 aromatic carbocycles. The fraction of sp³-hybridized carbons (Fsp3) is 0.467. The second kappa shape index (κ2) is 9.70. The summed E-state index contributed by atoms with van der Waals surface area (Å²) in [7, 11) is 0.623. The number of hydrogen-bond donors (Lipinski definition) is 1. The maximum Gasteiger partial charge on any atom is 0.501 e. The summed E-state index contributed by atoms with van der Waals surface area (Å²) in [5, 5.41) is 0. The van der Waals surface area contributed by atoms with E-state index in [1.807, 2.05) is 23.1 Å². The summed E-state index contributed by atoms with van der Waals surface area (Å²) in [5.74, 6) is 0. The topological polar surface area (TPSA) is 57.0 Å². The molecule has 0 bridgehead atoms. The summed E-state index contributed by atoms with van der Waals surface area (Å²) in [6.45, 7) is 5.55. The Hall–Kier alpha value is -1.18. The van der Waals surface area contributed by atoms with Crippen LogP contribution in [0.2, 0.25) is 6.04 Å². The van der Waals surface area contributed by atoms with Crippen molar-refractivity contribution in [2.24, 2.45) is 5.73 Å². The maximum atomic E-state index is 5.95. The fourth-order valence-electron chi connectivity index (χ4n) is 1.96. The summed E-state index contributed by atoms with van der Waals surface area (Å²) >= 11 is 0. The predicted molar refractivity (Wildman–Crippen MR) is 86.4 cm³/mol. The zero-order valence-electron chi connectivity index (χ0n) is 13.0. The fourth-order valence-corrected chi connectivity index (χ4v) is 3.91. The molecule has 6 heteroatoms. The first-order valence-electron chi connectivity index (χ1n) is 7.04. The minimum Gasteiger partial charge on any atom is -0.377 e. The number of rotatable bonds is 11. The van der Waals surface area contributed by atoms with E-state index in [2.05, 4.69) is 18.7 Å². The largest absolute Gasteiger partial charge is 0.501 e. The Labute approximate surface area is 128 Å². The molecule has 0 aliphatic heterocycles. The second-order valence-electron chi connectivity index (χ2n) is 4.67. The van der Waals surface area contributed by atoms with Gasteiger partial charge in [0.15, 0.2) is 0 Å². The third-order valence-corrected chi connectivity index (χ3v) is 6.02. The Balaban J connectivity index is 2.57. The third kappa shape index (κ3) is 5.99. The normalized spacial score (nSPS) is 11.4. The molecule has 0 atom stereocenters. The molecule has 21 heavy (non-hydrogen) atoms. The summed E-state index contributed by atoms with van der Waals surface area (Å²) < 4.78 is 17.0. The minimum absolute atomic E-state index is 0.386. The van der Waals surface area contributed by atoms with Crippen LogP contribution in [-0.2, 0) is 19.8 Å². The molecule has 1 aromatic rings. The lowest BCUT2D eigenvalue weighted by molar-refractivity contribution is 0.0525. The zero-order valence-corrected chi connectivity index (χ0v) is 14.0. The average molecular weight is 310 g/mol. The molecule has 1 rings (SSSR count). The molecule has 0 spiro atoms. The van der Waals surface area contributed by atoms with Crippen molar-refractivity contribution >= 4 is 8.80 Å². The van der Waals surface area contributed by atoms with E-state index < -0.39 is 8.80 Å². The third-order valence-electron chi connectivity index (χ3n) is 3.25. The van der Waals surface area contributed by atoms with Gasteiger partial charge in [-0.1, -0.05) is 36.9 Å². The van der Waals surface area contributed by atoms with Gasteiger partial charge in [-0.3, -0.25) is 0 Å². The van der Waals surface area contributed by atoms with Gasteiger partial charge >= 0.3 is 8.80 Å². The molecule has 5 nitrogen and oxygen atoms in total. The average Bonchev–Trinajstić information content (AvgIpc) is 2.55. The molecule has 2 N–H and O–H groups in total. The number of nitrogens with zero attached hydrogens (tertiary/aromatic N) is 1. The molecule has 0 fully saturated rings. The van der Waals surface area contributed by atoms with Gasteiger partial charge in [-0.05, 0) is 24.7 Å². The van der Waals surface area contributed by atoms with Crippen molar-refractivity contribution in [1.82, 2.24) is 4.90 Å². The first-order valence-corrected chi connectivity index (χ1v) is 8.97. The molecule has 0 aliphatic rings. The van der Waals surface area contributed by atoms with Crippen LogP contribution in [0.15, 0.2) is 43.1 Å². The van der Waals surface area contributed by atoms with E-state index >= 15 is 0 Å². The van der Waals surface area contributed by atoms with Gasteiger partial charge in [0, 0.05) is 26.8 Å². The highest BCUT2D eigenvalue weighted by molar-refractivity contribution is 6.60. The molecule has 0 aromatic heterocycles. The van der Waals surface area contributed by atoms with Gasteiger partial charge < -0.3 is 23.9 Å². The van der Waals surface area contributed by atoms with Crippen LogP contribution in [0.3, 0.4) is 0 Å². The van der Waals surface area contributed by atoms with Crippen molar-refractivity contribution in [1.29, 1.82) is 0 Å². The highest BCUT2D eigenvalue weighted by atomic mass is 28.4. The van der Waals surface area contributed by atoms with Gasteiger partial charge in [0.2, 0.25) is 0 Å². The van der Waals surface area contributed by atoms with E-state index in [4.69, 9.17) is 19.0 Å². The van der Waals surface area contributed by atoms with Crippen molar-refractivity contribution in [3.63, 3.8) is 0 Å². The van der Waals surface area contributed by atoms with E-state index in [1.54, 1.807) is 20.4 Å². The van der Waals surface area contributed by atoms with Crippen LogP contribution in [-0.4, -0.2) is 41.2 Å². The van der Waals surface area contributed by atoms with E-state index in [1.165, 1.54) is 5.56 Å². The van der Waals surface area contributed by atoms with Crippen molar-refractivity contribution in [2.75, 3.05) is 27.5 Å². The van der Waals surface area contributed by atoms with Crippen molar-refractivity contribution in [3.05, 3.63) is 48.7 Å². The zero-order chi connectivity index (χ0) is 15.6. The molecule has 0 saturated carbocycles. The summed E-state index contributed by atoms with van der Waals surface area (Å²) in [6.07, 6.45) is 2.58. The van der Waals surface area contributed by atoms with Crippen molar-refractivity contribution < 1.29 is 13.3 Å². The monoisotopic (exact) mass is 310 g/mol. The lowest BCUT2D eigenvalue weighted by Crippen LogP contribution is -2.46. The van der Waals surface area contributed by atoms with Crippen LogP contribution in [0.4, 0.5) is 0 Å². The van der Waals surface area contributed by atoms with Crippen LogP contribution < -0.4 is 5.73 Å². The first-order chi connectivity index (χ1) is 10.2. The van der Waals surface area contributed by atoms with E-state index in [-0.39, 0.29) is 0 Å². The molecule has 0 unspecified atom stereocenters. The van der Waals surface area contributed by atoms with Crippen LogP contribution >= 0.6 is 0 Å². The van der Waals surface area contributed by atoms with Gasteiger partial charge in [-0.2, -0.15) is 0 Å². The quantitative estimate of drug-likeness (QED) is 0.501. The maximum absolute atomic E-state index is 5.95. The summed E-state index contributed by atoms with van der Waals surface area (Å²) in [4.78, 5) is 1.98.